The van der Waals surface area contributed by atoms with Gasteiger partial charge in [-0.15, -0.1) is 0 Å². The van der Waals surface area contributed by atoms with E-state index in [1.165, 1.54) is 65.5 Å². The van der Waals surface area contributed by atoms with Gasteiger partial charge in [-0.05, 0) is 99.9 Å². The predicted molar refractivity (Wildman–Crippen MR) is 233 cm³/mol. The van der Waals surface area contributed by atoms with Crippen LogP contribution in [-0.4, -0.2) is 9.13 Å². The van der Waals surface area contributed by atoms with Crippen molar-refractivity contribution in [3.8, 4) is 22.6 Å². The molecule has 0 spiro atoms. The van der Waals surface area contributed by atoms with Crippen molar-refractivity contribution >= 4 is 71.3 Å². The molecule has 0 saturated heterocycles. The van der Waals surface area contributed by atoms with Crippen LogP contribution in [0.25, 0.3) is 76.9 Å². The molecule has 0 aliphatic heterocycles. The zero-order valence-electron chi connectivity index (χ0n) is 30.0. The Morgan fingerprint density at radius 1 is 0.309 bits per heavy atom. The molecule has 3 heteroatoms. The predicted octanol–water partition coefficient (Wildman–Crippen LogP) is 14.2. The van der Waals surface area contributed by atoms with Crippen LogP contribution in [0.2, 0.25) is 0 Å². The minimum atomic E-state index is 1.09. The molecule has 0 N–H and O–H groups in total. The van der Waals surface area contributed by atoms with Crippen molar-refractivity contribution in [1.29, 1.82) is 0 Å². The third-order valence-electron chi connectivity index (χ3n) is 11.0. The summed E-state index contributed by atoms with van der Waals surface area (Å²) in [5, 5.41) is 8.56. The second kappa shape index (κ2) is 12.6. The summed E-state index contributed by atoms with van der Waals surface area (Å²) in [4.78, 5) is 2.39. The van der Waals surface area contributed by atoms with E-state index in [0.29, 0.717) is 0 Å². The van der Waals surface area contributed by atoms with Gasteiger partial charge in [-0.2, -0.15) is 0 Å². The van der Waals surface area contributed by atoms with Crippen molar-refractivity contribution in [2.75, 3.05) is 4.90 Å². The van der Waals surface area contributed by atoms with Crippen molar-refractivity contribution in [2.24, 2.45) is 0 Å². The largest absolute Gasteiger partial charge is 0.310 e. The van der Waals surface area contributed by atoms with E-state index < -0.39 is 0 Å². The summed E-state index contributed by atoms with van der Waals surface area (Å²) in [7, 11) is 0. The Labute approximate surface area is 319 Å². The molecule has 55 heavy (non-hydrogen) atoms. The Balaban J connectivity index is 1.18. The van der Waals surface area contributed by atoms with Gasteiger partial charge in [-0.1, -0.05) is 140 Å². The molecule has 0 saturated carbocycles. The fraction of sp³-hybridized carbons (Fsp3) is 0. The average Bonchev–Trinajstić information content (AvgIpc) is 3.81. The molecular formula is C52H35N3. The first-order valence-electron chi connectivity index (χ1n) is 18.9. The van der Waals surface area contributed by atoms with E-state index in [9.17, 15) is 0 Å². The number of fused-ring (bicyclic) bond motifs is 7. The van der Waals surface area contributed by atoms with Crippen LogP contribution >= 0.6 is 0 Å². The topological polar surface area (TPSA) is 13.1 Å². The molecule has 2 aromatic heterocycles. The zero-order chi connectivity index (χ0) is 36.3. The molecule has 2 heterocycles. The smallest absolute Gasteiger partial charge is 0.0635 e. The molecule has 0 radical (unpaired) electrons. The minimum absolute atomic E-state index is 1.09. The van der Waals surface area contributed by atoms with Gasteiger partial charge in [-0.25, -0.2) is 0 Å². The molecule has 0 aliphatic rings. The maximum Gasteiger partial charge on any atom is 0.0635 e. The van der Waals surface area contributed by atoms with Gasteiger partial charge in [0.1, 0.15) is 0 Å². The number of benzene rings is 9. The van der Waals surface area contributed by atoms with Gasteiger partial charge in [0, 0.05) is 44.6 Å². The molecule has 0 bridgehead atoms. The summed E-state index contributed by atoms with van der Waals surface area (Å²) in [6, 6.07) is 77.0. The van der Waals surface area contributed by atoms with E-state index in [1.54, 1.807) is 0 Å². The second-order valence-electron chi connectivity index (χ2n) is 14.2. The Bertz CT molecular complexity index is 3130. The van der Waals surface area contributed by atoms with Crippen LogP contribution in [0, 0.1) is 0 Å². The van der Waals surface area contributed by atoms with Crippen molar-refractivity contribution < 1.29 is 0 Å². The minimum Gasteiger partial charge on any atom is -0.310 e. The highest BCUT2D eigenvalue weighted by Gasteiger charge is 2.21. The molecule has 11 rings (SSSR count). The van der Waals surface area contributed by atoms with Crippen molar-refractivity contribution in [3.63, 3.8) is 0 Å². The van der Waals surface area contributed by atoms with Crippen LogP contribution in [0.5, 0.6) is 0 Å². The van der Waals surface area contributed by atoms with Crippen LogP contribution in [0.3, 0.4) is 0 Å². The Morgan fingerprint density at radius 2 is 0.873 bits per heavy atom. The fourth-order valence-corrected chi connectivity index (χ4v) is 8.54. The number of nitrogens with zero attached hydrogens (tertiary/aromatic N) is 3. The molecular weight excluding hydrogens is 667 g/mol. The standard InChI is InChI=1S/C52H35N3/c1-3-16-38(17-4-1)51-35-48-50(54(51)41-20-5-2-6-21-41)31-30-47-46-24-11-12-25-49(46)55(52(47)48)43-23-13-22-42(34-43)53(44-28-26-36-14-7-9-18-39(36)32-44)45-29-27-37-15-8-10-19-40(37)33-45/h1-35H. The van der Waals surface area contributed by atoms with Crippen LogP contribution in [-0.2, 0) is 0 Å². The SMILES string of the molecule is c1ccc(-c2cc3c(ccc4c5ccccc5n(-c5cccc(N(c6ccc7ccccc7c6)c6ccc7ccccc7c6)c5)c43)n2-c2ccccc2)cc1. The van der Waals surface area contributed by atoms with E-state index in [1.807, 2.05) is 0 Å². The van der Waals surface area contributed by atoms with E-state index in [-0.39, 0.29) is 0 Å². The van der Waals surface area contributed by atoms with E-state index in [4.69, 9.17) is 0 Å². The van der Waals surface area contributed by atoms with Crippen molar-refractivity contribution in [3.05, 3.63) is 212 Å². The first-order valence-corrected chi connectivity index (χ1v) is 18.9. The summed E-state index contributed by atoms with van der Waals surface area (Å²) in [6.45, 7) is 0. The van der Waals surface area contributed by atoms with Gasteiger partial charge >= 0.3 is 0 Å². The number of hydrogen-bond donors (Lipinski definition) is 0. The lowest BCUT2D eigenvalue weighted by molar-refractivity contribution is 1.13. The molecule has 0 aliphatic carbocycles. The zero-order valence-corrected chi connectivity index (χ0v) is 30.0. The monoisotopic (exact) mass is 701 g/mol. The molecule has 0 fully saturated rings. The van der Waals surface area contributed by atoms with Crippen LogP contribution in [0.1, 0.15) is 0 Å². The highest BCUT2D eigenvalue weighted by atomic mass is 15.1. The maximum atomic E-state index is 2.47. The molecule has 0 unspecified atom stereocenters. The van der Waals surface area contributed by atoms with Gasteiger partial charge in [0.25, 0.3) is 0 Å². The lowest BCUT2D eigenvalue weighted by atomic mass is 10.1. The van der Waals surface area contributed by atoms with Gasteiger partial charge in [0.05, 0.1) is 22.2 Å². The van der Waals surface area contributed by atoms with Crippen LogP contribution in [0.15, 0.2) is 212 Å². The third kappa shape index (κ3) is 5.13. The number of aromatic nitrogens is 2. The van der Waals surface area contributed by atoms with Crippen LogP contribution in [0.4, 0.5) is 17.1 Å². The normalized spacial score (nSPS) is 11.6. The van der Waals surface area contributed by atoms with Gasteiger partial charge < -0.3 is 14.0 Å². The number of rotatable bonds is 6. The van der Waals surface area contributed by atoms with E-state index >= 15 is 0 Å². The second-order valence-corrected chi connectivity index (χ2v) is 14.2. The first-order chi connectivity index (χ1) is 27.3. The number of para-hydroxylation sites is 2. The summed E-state index contributed by atoms with van der Waals surface area (Å²) >= 11 is 0. The Hall–Kier alpha value is -7.36. The van der Waals surface area contributed by atoms with E-state index in [2.05, 4.69) is 226 Å². The fourth-order valence-electron chi connectivity index (χ4n) is 8.54. The lowest BCUT2D eigenvalue weighted by Crippen LogP contribution is -2.10. The number of anilines is 3. The van der Waals surface area contributed by atoms with Gasteiger partial charge in [0.2, 0.25) is 0 Å². The maximum absolute atomic E-state index is 2.47. The highest BCUT2D eigenvalue weighted by Crippen LogP contribution is 2.43. The summed E-state index contributed by atoms with van der Waals surface area (Å²) in [5.41, 5.74) is 11.5. The van der Waals surface area contributed by atoms with Crippen LogP contribution < -0.4 is 4.90 Å². The summed E-state index contributed by atoms with van der Waals surface area (Å²) in [6.07, 6.45) is 0. The first kappa shape index (κ1) is 31.2. The Morgan fingerprint density at radius 3 is 1.58 bits per heavy atom. The van der Waals surface area contributed by atoms with Crippen molar-refractivity contribution in [1.82, 2.24) is 9.13 Å². The third-order valence-corrected chi connectivity index (χ3v) is 11.0. The quantitative estimate of drug-likeness (QED) is 0.168. The molecule has 0 atom stereocenters. The molecule has 258 valence electrons. The highest BCUT2D eigenvalue weighted by molar-refractivity contribution is 6.19. The lowest BCUT2D eigenvalue weighted by Gasteiger charge is -2.27. The average molecular weight is 702 g/mol. The number of hydrogen-bond acceptors (Lipinski definition) is 1. The van der Waals surface area contributed by atoms with E-state index in [0.717, 1.165) is 28.4 Å². The summed E-state index contributed by atoms with van der Waals surface area (Å²) < 4.78 is 4.88. The van der Waals surface area contributed by atoms with Gasteiger partial charge in [-0.3, -0.25) is 0 Å². The molecule has 3 nitrogen and oxygen atoms in total. The Kier molecular flexibility index (Phi) is 7.17. The summed E-state index contributed by atoms with van der Waals surface area (Å²) in [5.74, 6) is 0. The van der Waals surface area contributed by atoms with Crippen molar-refractivity contribution in [2.45, 2.75) is 0 Å². The molecule has 11 aromatic rings. The van der Waals surface area contributed by atoms with Gasteiger partial charge in [0.15, 0.2) is 0 Å². The molecule has 0 amide bonds. The molecule has 9 aromatic carbocycles.